The van der Waals surface area contributed by atoms with Crippen LogP contribution >= 0.6 is 0 Å². The van der Waals surface area contributed by atoms with Gasteiger partial charge in [-0.3, -0.25) is 9.59 Å². The van der Waals surface area contributed by atoms with Gasteiger partial charge in [0.05, 0.1) is 12.2 Å². The van der Waals surface area contributed by atoms with Crippen LogP contribution < -0.4 is 20.1 Å². The predicted molar refractivity (Wildman–Crippen MR) is 127 cm³/mol. The molecule has 0 bridgehead atoms. The van der Waals surface area contributed by atoms with E-state index in [0.717, 1.165) is 0 Å². The Kier molecular flexibility index (Phi) is 7.49. The van der Waals surface area contributed by atoms with Gasteiger partial charge in [-0.2, -0.15) is 0 Å². The molecular weight excluding hydrogens is 404 g/mol. The van der Waals surface area contributed by atoms with Gasteiger partial charge in [0.2, 0.25) is 0 Å². The summed E-state index contributed by atoms with van der Waals surface area (Å²) in [7, 11) is 0. The summed E-state index contributed by atoms with van der Waals surface area (Å²) >= 11 is 0. The second-order valence-electron chi connectivity index (χ2n) is 7.87. The molecule has 6 heteroatoms. The van der Waals surface area contributed by atoms with Gasteiger partial charge < -0.3 is 20.1 Å². The van der Waals surface area contributed by atoms with Crippen LogP contribution in [0.15, 0.2) is 72.8 Å². The first-order valence-corrected chi connectivity index (χ1v) is 10.6. The lowest BCUT2D eigenvalue weighted by Crippen LogP contribution is -2.14. The second-order valence-corrected chi connectivity index (χ2v) is 7.87. The summed E-state index contributed by atoms with van der Waals surface area (Å²) in [6.45, 7) is 7.79. The van der Waals surface area contributed by atoms with E-state index in [1.54, 1.807) is 72.8 Å². The number of ether oxygens (including phenoxy) is 2. The highest BCUT2D eigenvalue weighted by Gasteiger charge is 2.10. The highest BCUT2D eigenvalue weighted by Crippen LogP contribution is 2.20. The Labute approximate surface area is 188 Å². The number of carbonyl (C=O) groups is 2. The largest absolute Gasteiger partial charge is 0.491 e. The standard InChI is InChI=1S/C26H28N2O4/c1-17(2)31-23-12-8-19(9-13-23)25(29)27-21-6-5-7-22(16-21)28-26(30)20-10-14-24(15-11-20)32-18(3)4/h5-18H,1-4H3,(H,27,29)(H,28,30). The second kappa shape index (κ2) is 10.5. The Morgan fingerprint density at radius 2 is 1.00 bits per heavy atom. The quantitative estimate of drug-likeness (QED) is 0.474. The average Bonchev–Trinajstić information content (AvgIpc) is 2.74. The van der Waals surface area contributed by atoms with Crippen molar-refractivity contribution < 1.29 is 19.1 Å². The Morgan fingerprint density at radius 1 is 0.625 bits per heavy atom. The lowest BCUT2D eigenvalue weighted by molar-refractivity contribution is 0.101. The maximum absolute atomic E-state index is 12.6. The van der Waals surface area contributed by atoms with Crippen LogP contribution in [0, 0.1) is 0 Å². The van der Waals surface area contributed by atoms with Gasteiger partial charge in [0.15, 0.2) is 0 Å². The summed E-state index contributed by atoms with van der Waals surface area (Å²) in [5.41, 5.74) is 2.19. The molecule has 0 atom stereocenters. The van der Waals surface area contributed by atoms with Gasteiger partial charge in [-0.25, -0.2) is 0 Å². The fourth-order valence-corrected chi connectivity index (χ4v) is 3.00. The van der Waals surface area contributed by atoms with Gasteiger partial charge in [-0.15, -0.1) is 0 Å². The third-order valence-corrected chi connectivity index (χ3v) is 4.35. The van der Waals surface area contributed by atoms with Crippen LogP contribution in [0.3, 0.4) is 0 Å². The smallest absolute Gasteiger partial charge is 0.255 e. The van der Waals surface area contributed by atoms with Gasteiger partial charge in [0.1, 0.15) is 11.5 Å². The van der Waals surface area contributed by atoms with Crippen molar-refractivity contribution in [3.63, 3.8) is 0 Å². The van der Waals surface area contributed by atoms with Crippen LogP contribution in [0.1, 0.15) is 48.4 Å². The molecule has 166 valence electrons. The number of amides is 2. The molecule has 0 spiro atoms. The Balaban J connectivity index is 1.62. The van der Waals surface area contributed by atoms with E-state index >= 15 is 0 Å². The van der Waals surface area contributed by atoms with Gasteiger partial charge >= 0.3 is 0 Å². The van der Waals surface area contributed by atoms with Crippen molar-refractivity contribution >= 4 is 23.2 Å². The van der Waals surface area contributed by atoms with E-state index in [-0.39, 0.29) is 24.0 Å². The van der Waals surface area contributed by atoms with Crippen molar-refractivity contribution in [1.82, 2.24) is 0 Å². The predicted octanol–water partition coefficient (Wildman–Crippen LogP) is 5.77. The summed E-state index contributed by atoms with van der Waals surface area (Å²) in [6, 6.07) is 20.9. The van der Waals surface area contributed by atoms with Crippen molar-refractivity contribution in [2.75, 3.05) is 10.6 Å². The molecule has 3 aromatic rings. The third kappa shape index (κ3) is 6.60. The number of benzene rings is 3. The Morgan fingerprint density at radius 3 is 1.34 bits per heavy atom. The lowest BCUT2D eigenvalue weighted by atomic mass is 10.2. The fraction of sp³-hybridized carbons (Fsp3) is 0.231. The van der Waals surface area contributed by atoms with E-state index in [4.69, 9.17) is 9.47 Å². The minimum atomic E-state index is -0.245. The number of carbonyl (C=O) groups excluding carboxylic acids is 2. The lowest BCUT2D eigenvalue weighted by Gasteiger charge is -2.12. The number of rotatable bonds is 8. The van der Waals surface area contributed by atoms with Crippen molar-refractivity contribution in [2.45, 2.75) is 39.9 Å². The zero-order valence-electron chi connectivity index (χ0n) is 18.7. The van der Waals surface area contributed by atoms with Gasteiger partial charge in [0.25, 0.3) is 11.8 Å². The molecule has 0 aliphatic rings. The molecule has 0 fully saturated rings. The molecule has 0 heterocycles. The van der Waals surface area contributed by atoms with E-state index in [1.165, 1.54) is 0 Å². The molecule has 0 radical (unpaired) electrons. The van der Waals surface area contributed by atoms with E-state index < -0.39 is 0 Å². The number of anilines is 2. The summed E-state index contributed by atoms with van der Waals surface area (Å²) in [5.74, 6) is 0.936. The zero-order chi connectivity index (χ0) is 23.1. The first-order chi connectivity index (χ1) is 15.3. The molecule has 2 N–H and O–H groups in total. The summed E-state index contributed by atoms with van der Waals surface area (Å²) in [6.07, 6.45) is 0.137. The molecule has 3 rings (SSSR count). The van der Waals surface area contributed by atoms with Crippen LogP contribution in [0.25, 0.3) is 0 Å². The number of hydrogen-bond donors (Lipinski definition) is 2. The number of hydrogen-bond acceptors (Lipinski definition) is 4. The summed E-state index contributed by atoms with van der Waals surface area (Å²) < 4.78 is 11.2. The third-order valence-electron chi connectivity index (χ3n) is 4.35. The minimum absolute atomic E-state index is 0.0685. The van der Waals surface area contributed by atoms with Crippen molar-refractivity contribution in [2.24, 2.45) is 0 Å². The van der Waals surface area contributed by atoms with Crippen LogP contribution in [0.2, 0.25) is 0 Å². The molecule has 3 aromatic carbocycles. The monoisotopic (exact) mass is 432 g/mol. The molecule has 0 aliphatic carbocycles. The van der Waals surface area contributed by atoms with Crippen LogP contribution in [0.5, 0.6) is 11.5 Å². The Bertz CT molecular complexity index is 975. The zero-order valence-corrected chi connectivity index (χ0v) is 18.7. The molecule has 32 heavy (non-hydrogen) atoms. The van der Waals surface area contributed by atoms with E-state index in [1.807, 2.05) is 27.7 Å². The van der Waals surface area contributed by atoms with Crippen molar-refractivity contribution in [1.29, 1.82) is 0 Å². The normalized spacial score (nSPS) is 10.7. The highest BCUT2D eigenvalue weighted by atomic mass is 16.5. The van der Waals surface area contributed by atoms with E-state index in [9.17, 15) is 9.59 Å². The Hall–Kier alpha value is -3.80. The van der Waals surface area contributed by atoms with Crippen LogP contribution in [-0.4, -0.2) is 24.0 Å². The van der Waals surface area contributed by atoms with Gasteiger partial charge in [-0.05, 0) is 94.4 Å². The van der Waals surface area contributed by atoms with E-state index in [2.05, 4.69) is 10.6 Å². The van der Waals surface area contributed by atoms with Crippen LogP contribution in [0.4, 0.5) is 11.4 Å². The molecule has 6 nitrogen and oxygen atoms in total. The maximum atomic E-state index is 12.6. The summed E-state index contributed by atoms with van der Waals surface area (Å²) in [5, 5.41) is 5.70. The number of nitrogens with one attached hydrogen (secondary N) is 2. The molecule has 2 amide bonds. The molecule has 0 unspecified atom stereocenters. The highest BCUT2D eigenvalue weighted by molar-refractivity contribution is 6.06. The molecule has 0 saturated carbocycles. The molecular formula is C26H28N2O4. The van der Waals surface area contributed by atoms with Gasteiger partial charge in [-0.1, -0.05) is 6.07 Å². The fourth-order valence-electron chi connectivity index (χ4n) is 3.00. The first kappa shape index (κ1) is 22.9. The van der Waals surface area contributed by atoms with Crippen LogP contribution in [-0.2, 0) is 0 Å². The molecule has 0 aliphatic heterocycles. The SMILES string of the molecule is CC(C)Oc1ccc(C(=O)Nc2cccc(NC(=O)c3ccc(OC(C)C)cc3)c2)cc1. The van der Waals surface area contributed by atoms with Crippen molar-refractivity contribution in [3.8, 4) is 11.5 Å². The van der Waals surface area contributed by atoms with Gasteiger partial charge in [0, 0.05) is 22.5 Å². The van der Waals surface area contributed by atoms with Crippen molar-refractivity contribution in [3.05, 3.63) is 83.9 Å². The average molecular weight is 433 g/mol. The molecule has 0 saturated heterocycles. The maximum Gasteiger partial charge on any atom is 0.255 e. The molecule has 0 aromatic heterocycles. The summed E-state index contributed by atoms with van der Waals surface area (Å²) in [4.78, 5) is 25.1. The minimum Gasteiger partial charge on any atom is -0.491 e. The topological polar surface area (TPSA) is 76.7 Å². The first-order valence-electron chi connectivity index (χ1n) is 10.6. The van der Waals surface area contributed by atoms with E-state index in [0.29, 0.717) is 34.0 Å².